The molecule has 1 N–H and O–H groups in total. The summed E-state index contributed by atoms with van der Waals surface area (Å²) in [5.41, 5.74) is 1.36. The van der Waals surface area contributed by atoms with E-state index in [4.69, 9.17) is 9.47 Å². The van der Waals surface area contributed by atoms with Gasteiger partial charge in [-0.1, -0.05) is 25.3 Å². The molecule has 1 fully saturated rings. The van der Waals surface area contributed by atoms with Crippen molar-refractivity contribution in [2.75, 3.05) is 6.61 Å². The van der Waals surface area contributed by atoms with Crippen LogP contribution >= 0.6 is 0 Å². The predicted molar refractivity (Wildman–Crippen MR) is 96.5 cm³/mol. The lowest BCUT2D eigenvalue weighted by atomic mass is 9.83. The summed E-state index contributed by atoms with van der Waals surface area (Å²) in [7, 11) is 0. The van der Waals surface area contributed by atoms with Crippen LogP contribution in [0.4, 0.5) is 0 Å². The van der Waals surface area contributed by atoms with Gasteiger partial charge in [0.2, 0.25) is 0 Å². The molecule has 0 spiro atoms. The van der Waals surface area contributed by atoms with Gasteiger partial charge in [0, 0.05) is 0 Å². The first-order valence-electron chi connectivity index (χ1n) is 8.98. The number of nitrogens with one attached hydrogen (secondary N) is 1. The molecule has 0 heterocycles. The van der Waals surface area contributed by atoms with E-state index in [9.17, 15) is 14.9 Å². The van der Waals surface area contributed by atoms with Crippen molar-refractivity contribution in [2.45, 2.75) is 64.5 Å². The van der Waals surface area contributed by atoms with Crippen LogP contribution in [0, 0.1) is 25.2 Å². The van der Waals surface area contributed by atoms with Crippen molar-refractivity contribution < 1.29 is 19.1 Å². The number of ether oxygens (including phenoxy) is 2. The summed E-state index contributed by atoms with van der Waals surface area (Å²) in [6.45, 7) is 5.18. The molecule has 0 aliphatic heterocycles. The lowest BCUT2D eigenvalue weighted by molar-refractivity contribution is -0.157. The van der Waals surface area contributed by atoms with E-state index in [0.29, 0.717) is 18.6 Å². The van der Waals surface area contributed by atoms with Gasteiger partial charge in [-0.2, -0.15) is 5.26 Å². The molecule has 0 unspecified atom stereocenters. The van der Waals surface area contributed by atoms with E-state index in [2.05, 4.69) is 11.4 Å². The van der Waals surface area contributed by atoms with E-state index in [1.54, 1.807) is 6.07 Å². The van der Waals surface area contributed by atoms with E-state index in [1.165, 1.54) is 6.92 Å². The van der Waals surface area contributed by atoms with Gasteiger partial charge in [-0.3, -0.25) is 4.79 Å². The Hall–Kier alpha value is -2.55. The minimum atomic E-state index is -0.974. The monoisotopic (exact) mass is 358 g/mol. The fraction of sp³-hybridized carbons (Fsp3) is 0.550. The number of rotatable bonds is 6. The van der Waals surface area contributed by atoms with Crippen LogP contribution in [0.2, 0.25) is 0 Å². The second-order valence-corrected chi connectivity index (χ2v) is 6.91. The summed E-state index contributed by atoms with van der Waals surface area (Å²) in [4.78, 5) is 24.2. The number of nitrogens with zero attached hydrogens (tertiary/aromatic N) is 1. The number of aryl methyl sites for hydroxylation is 2. The normalized spacial score (nSPS) is 16.8. The summed E-state index contributed by atoms with van der Waals surface area (Å²) in [6.07, 6.45) is 3.17. The molecule has 1 aliphatic rings. The fourth-order valence-corrected chi connectivity index (χ4v) is 2.99. The summed E-state index contributed by atoms with van der Waals surface area (Å²) < 4.78 is 10.6. The highest BCUT2D eigenvalue weighted by atomic mass is 16.6. The third-order valence-corrected chi connectivity index (χ3v) is 4.80. The van der Waals surface area contributed by atoms with Crippen molar-refractivity contribution in [3.05, 3.63) is 29.3 Å². The van der Waals surface area contributed by atoms with Crippen molar-refractivity contribution >= 4 is 11.9 Å². The SMILES string of the molecule is Cc1ccc(OCC(=O)O[C@@H](C)C(=O)NC2(C#N)CCCCC2)cc1C. The van der Waals surface area contributed by atoms with Crippen molar-refractivity contribution in [3.63, 3.8) is 0 Å². The maximum absolute atomic E-state index is 12.3. The van der Waals surface area contributed by atoms with E-state index >= 15 is 0 Å². The molecule has 26 heavy (non-hydrogen) atoms. The summed E-state index contributed by atoms with van der Waals surface area (Å²) in [6, 6.07) is 7.76. The Kier molecular flexibility index (Phi) is 6.62. The number of benzene rings is 1. The molecule has 0 aromatic heterocycles. The molecule has 1 aliphatic carbocycles. The maximum atomic E-state index is 12.3. The zero-order valence-electron chi connectivity index (χ0n) is 15.6. The second-order valence-electron chi connectivity index (χ2n) is 6.91. The van der Waals surface area contributed by atoms with Crippen LogP contribution in [0.5, 0.6) is 5.75 Å². The topological polar surface area (TPSA) is 88.4 Å². The first kappa shape index (κ1) is 19.8. The molecule has 0 radical (unpaired) electrons. The van der Waals surface area contributed by atoms with Crippen LogP contribution in [0.25, 0.3) is 0 Å². The van der Waals surface area contributed by atoms with Crippen LogP contribution < -0.4 is 10.1 Å². The average Bonchev–Trinajstić information content (AvgIpc) is 2.63. The number of hydrogen-bond acceptors (Lipinski definition) is 5. The first-order chi connectivity index (χ1) is 12.3. The third-order valence-electron chi connectivity index (χ3n) is 4.80. The Morgan fingerprint density at radius 2 is 1.92 bits per heavy atom. The molecule has 6 nitrogen and oxygen atoms in total. The highest BCUT2D eigenvalue weighted by Crippen LogP contribution is 2.27. The quantitative estimate of drug-likeness (QED) is 0.790. The highest BCUT2D eigenvalue weighted by Gasteiger charge is 2.35. The molecule has 1 aromatic rings. The minimum absolute atomic E-state index is 0.274. The van der Waals surface area contributed by atoms with Crippen molar-refractivity contribution in [1.82, 2.24) is 5.32 Å². The van der Waals surface area contributed by atoms with Gasteiger partial charge in [0.15, 0.2) is 12.7 Å². The Bertz CT molecular complexity index is 702. The molecular weight excluding hydrogens is 332 g/mol. The summed E-state index contributed by atoms with van der Waals surface area (Å²) in [5.74, 6) is -0.499. The van der Waals surface area contributed by atoms with Crippen LogP contribution in [0.1, 0.15) is 50.2 Å². The van der Waals surface area contributed by atoms with Crippen LogP contribution in [-0.4, -0.2) is 30.1 Å². The zero-order valence-corrected chi connectivity index (χ0v) is 15.6. The van der Waals surface area contributed by atoms with Gasteiger partial charge in [-0.25, -0.2) is 4.79 Å². The van der Waals surface area contributed by atoms with Crippen molar-refractivity contribution in [3.8, 4) is 11.8 Å². The van der Waals surface area contributed by atoms with Gasteiger partial charge in [-0.05, 0) is 56.9 Å². The largest absolute Gasteiger partial charge is 0.482 e. The fourth-order valence-electron chi connectivity index (χ4n) is 2.99. The third kappa shape index (κ3) is 5.22. The van der Waals surface area contributed by atoms with Crippen LogP contribution in [0.3, 0.4) is 0 Å². The van der Waals surface area contributed by atoms with Gasteiger partial charge in [0.25, 0.3) is 5.91 Å². The number of carbonyl (C=O) groups excluding carboxylic acids is 2. The Morgan fingerprint density at radius 1 is 1.23 bits per heavy atom. The lowest BCUT2D eigenvalue weighted by Gasteiger charge is -2.32. The van der Waals surface area contributed by atoms with Gasteiger partial charge >= 0.3 is 5.97 Å². The summed E-state index contributed by atoms with van der Waals surface area (Å²) >= 11 is 0. The molecule has 0 bridgehead atoms. The molecule has 2 rings (SSSR count). The predicted octanol–water partition coefficient (Wildman–Crippen LogP) is 2.96. The molecule has 1 aromatic carbocycles. The van der Waals surface area contributed by atoms with Gasteiger partial charge in [-0.15, -0.1) is 0 Å². The average molecular weight is 358 g/mol. The zero-order chi connectivity index (χ0) is 19.2. The number of carbonyl (C=O) groups is 2. The van der Waals surface area contributed by atoms with E-state index in [-0.39, 0.29) is 6.61 Å². The number of amides is 1. The van der Waals surface area contributed by atoms with E-state index < -0.39 is 23.5 Å². The molecule has 1 saturated carbocycles. The van der Waals surface area contributed by atoms with Gasteiger partial charge < -0.3 is 14.8 Å². The molecular formula is C20H26N2O4. The minimum Gasteiger partial charge on any atom is -0.482 e. The molecule has 0 saturated heterocycles. The van der Waals surface area contributed by atoms with Crippen molar-refractivity contribution in [2.24, 2.45) is 0 Å². The lowest BCUT2D eigenvalue weighted by Crippen LogP contribution is -2.52. The van der Waals surface area contributed by atoms with Crippen LogP contribution in [-0.2, 0) is 14.3 Å². The van der Waals surface area contributed by atoms with E-state index in [0.717, 1.165) is 30.4 Å². The maximum Gasteiger partial charge on any atom is 0.344 e. The second kappa shape index (κ2) is 8.70. The van der Waals surface area contributed by atoms with E-state index in [1.807, 2.05) is 26.0 Å². The first-order valence-corrected chi connectivity index (χ1v) is 8.98. The standard InChI is InChI=1S/C20H26N2O4/c1-14-7-8-17(11-15(14)2)25-12-18(23)26-16(3)19(24)22-20(13-21)9-5-4-6-10-20/h7-8,11,16H,4-6,9-10,12H2,1-3H3,(H,22,24)/t16-/m0/s1. The molecule has 140 valence electrons. The Morgan fingerprint density at radius 3 is 2.54 bits per heavy atom. The number of hydrogen-bond donors (Lipinski definition) is 1. The van der Waals surface area contributed by atoms with Crippen LogP contribution in [0.15, 0.2) is 18.2 Å². The van der Waals surface area contributed by atoms with Crippen molar-refractivity contribution in [1.29, 1.82) is 5.26 Å². The molecule has 1 amide bonds. The molecule has 6 heteroatoms. The smallest absolute Gasteiger partial charge is 0.344 e. The Balaban J connectivity index is 1.82. The Labute approximate surface area is 154 Å². The van der Waals surface area contributed by atoms with Gasteiger partial charge in [0.05, 0.1) is 6.07 Å². The summed E-state index contributed by atoms with van der Waals surface area (Å²) in [5, 5.41) is 12.2. The highest BCUT2D eigenvalue weighted by molar-refractivity contribution is 5.84. The number of nitriles is 1. The number of esters is 1. The molecule has 1 atom stereocenters. The van der Waals surface area contributed by atoms with Gasteiger partial charge in [0.1, 0.15) is 11.3 Å².